The smallest absolute Gasteiger partial charge is 0.127 e. The topological polar surface area (TPSA) is 20.2 Å². The Hall–Kier alpha value is -1.28. The second-order valence-electron chi connectivity index (χ2n) is 6.64. The molecular weight excluding hydrogens is 324 g/mol. The number of hydrogen-bond acceptors (Lipinski definition) is 1. The van der Waals surface area contributed by atoms with Crippen LogP contribution >= 0.6 is 15.9 Å². The lowest BCUT2D eigenvalue weighted by Crippen LogP contribution is -2.19. The zero-order valence-corrected chi connectivity index (χ0v) is 13.6. The lowest BCUT2D eigenvalue weighted by Gasteiger charge is -2.29. The van der Waals surface area contributed by atoms with Crippen molar-refractivity contribution in [3.8, 4) is 16.9 Å². The molecule has 0 spiro atoms. The molecule has 2 saturated carbocycles. The van der Waals surface area contributed by atoms with Gasteiger partial charge in [-0.1, -0.05) is 46.3 Å². The lowest BCUT2D eigenvalue weighted by molar-refractivity contribution is 0.390. The first-order chi connectivity index (χ1) is 10.2. The Morgan fingerprint density at radius 3 is 2.38 bits per heavy atom. The van der Waals surface area contributed by atoms with Gasteiger partial charge in [-0.05, 0) is 61.1 Å². The van der Waals surface area contributed by atoms with Gasteiger partial charge in [-0.2, -0.15) is 0 Å². The van der Waals surface area contributed by atoms with Gasteiger partial charge in [0, 0.05) is 15.6 Å². The highest BCUT2D eigenvalue weighted by Gasteiger charge is 2.47. The van der Waals surface area contributed by atoms with E-state index in [-0.39, 0.29) is 5.41 Å². The van der Waals surface area contributed by atoms with Gasteiger partial charge in [0.1, 0.15) is 5.75 Å². The number of halogens is 1. The summed E-state index contributed by atoms with van der Waals surface area (Å²) in [7, 11) is 0. The summed E-state index contributed by atoms with van der Waals surface area (Å²) in [6.45, 7) is 0. The maximum atomic E-state index is 10.9. The molecule has 0 amide bonds. The normalized spacial score (nSPS) is 27.2. The van der Waals surface area contributed by atoms with Gasteiger partial charge in [0.2, 0.25) is 0 Å². The fourth-order valence-corrected chi connectivity index (χ4v) is 4.87. The van der Waals surface area contributed by atoms with Crippen LogP contribution in [0.3, 0.4) is 0 Å². The van der Waals surface area contributed by atoms with Gasteiger partial charge in [-0.15, -0.1) is 0 Å². The van der Waals surface area contributed by atoms with Crippen molar-refractivity contribution in [2.45, 2.75) is 37.5 Å². The van der Waals surface area contributed by atoms with Crippen molar-refractivity contribution < 1.29 is 5.11 Å². The SMILES string of the molecule is Oc1c(-c2ccccc2)cc(Br)cc1C12CCC(CC1)C2. The van der Waals surface area contributed by atoms with E-state index < -0.39 is 0 Å². The van der Waals surface area contributed by atoms with E-state index in [2.05, 4.69) is 34.1 Å². The van der Waals surface area contributed by atoms with Crippen LogP contribution in [0.2, 0.25) is 0 Å². The molecule has 0 atom stereocenters. The molecule has 2 aliphatic carbocycles. The Morgan fingerprint density at radius 1 is 1.05 bits per heavy atom. The molecule has 2 fully saturated rings. The number of fused-ring (bicyclic) bond motifs is 2. The lowest BCUT2D eigenvalue weighted by atomic mass is 9.76. The van der Waals surface area contributed by atoms with Gasteiger partial charge in [0.15, 0.2) is 0 Å². The van der Waals surface area contributed by atoms with Crippen molar-refractivity contribution in [2.24, 2.45) is 5.92 Å². The van der Waals surface area contributed by atoms with Crippen molar-refractivity contribution in [2.75, 3.05) is 0 Å². The summed E-state index contributed by atoms with van der Waals surface area (Å²) < 4.78 is 1.07. The monoisotopic (exact) mass is 342 g/mol. The maximum Gasteiger partial charge on any atom is 0.127 e. The van der Waals surface area contributed by atoms with Crippen LogP contribution in [-0.2, 0) is 5.41 Å². The van der Waals surface area contributed by atoms with E-state index in [9.17, 15) is 5.11 Å². The molecule has 4 rings (SSSR count). The number of rotatable bonds is 2. The van der Waals surface area contributed by atoms with Crippen molar-refractivity contribution in [1.82, 2.24) is 0 Å². The Morgan fingerprint density at radius 2 is 1.76 bits per heavy atom. The molecule has 0 saturated heterocycles. The fraction of sp³-hybridized carbons (Fsp3) is 0.368. The summed E-state index contributed by atoms with van der Waals surface area (Å²) in [5, 5.41) is 10.9. The van der Waals surface area contributed by atoms with Gasteiger partial charge >= 0.3 is 0 Å². The van der Waals surface area contributed by atoms with Crippen LogP contribution in [0.4, 0.5) is 0 Å². The first-order valence-corrected chi connectivity index (χ1v) is 8.56. The Kier molecular flexibility index (Phi) is 3.11. The summed E-state index contributed by atoms with van der Waals surface area (Å²) in [5.74, 6) is 1.37. The molecule has 21 heavy (non-hydrogen) atoms. The summed E-state index contributed by atoms with van der Waals surface area (Å²) in [5.41, 5.74) is 3.42. The van der Waals surface area contributed by atoms with E-state index in [0.717, 1.165) is 27.1 Å². The molecule has 108 valence electrons. The van der Waals surface area contributed by atoms with Crippen LogP contribution in [0.25, 0.3) is 11.1 Å². The first kappa shape index (κ1) is 13.4. The number of aromatic hydroxyl groups is 1. The molecule has 0 aliphatic heterocycles. The van der Waals surface area contributed by atoms with Crippen LogP contribution < -0.4 is 0 Å². The predicted octanol–water partition coefficient (Wildman–Crippen LogP) is 5.65. The van der Waals surface area contributed by atoms with E-state index >= 15 is 0 Å². The summed E-state index contributed by atoms with van der Waals surface area (Å²) in [4.78, 5) is 0. The van der Waals surface area contributed by atoms with E-state index in [1.807, 2.05) is 24.3 Å². The molecule has 0 aromatic heterocycles. The summed E-state index contributed by atoms with van der Waals surface area (Å²) in [6.07, 6.45) is 6.37. The number of hydrogen-bond donors (Lipinski definition) is 1. The standard InChI is InChI=1S/C19H19BrO/c20-15-10-16(14-4-2-1-3-5-14)18(21)17(11-15)19-8-6-13(12-19)7-9-19/h1-5,10-11,13,21H,6-9,12H2. The molecule has 2 aromatic carbocycles. The molecular formula is C19H19BrO. The average Bonchev–Trinajstić information content (AvgIpc) is 3.12. The van der Waals surface area contributed by atoms with Gasteiger partial charge in [-0.25, -0.2) is 0 Å². The third-order valence-corrected chi connectivity index (χ3v) is 5.93. The van der Waals surface area contributed by atoms with Crippen molar-refractivity contribution in [3.05, 3.63) is 52.5 Å². The number of phenolic OH excluding ortho intramolecular Hbond substituents is 1. The van der Waals surface area contributed by atoms with Crippen LogP contribution in [0.5, 0.6) is 5.75 Å². The van der Waals surface area contributed by atoms with Crippen molar-refractivity contribution in [1.29, 1.82) is 0 Å². The third-order valence-electron chi connectivity index (χ3n) is 5.47. The maximum absolute atomic E-state index is 10.9. The first-order valence-electron chi connectivity index (χ1n) is 7.76. The predicted molar refractivity (Wildman–Crippen MR) is 89.5 cm³/mol. The molecule has 0 unspecified atom stereocenters. The fourth-order valence-electron chi connectivity index (χ4n) is 4.41. The Bertz CT molecular complexity index is 669. The largest absolute Gasteiger partial charge is 0.507 e. The number of phenols is 1. The van der Waals surface area contributed by atoms with Gasteiger partial charge in [0.25, 0.3) is 0 Å². The second kappa shape index (κ2) is 4.88. The summed E-state index contributed by atoms with van der Waals surface area (Å²) >= 11 is 3.65. The minimum absolute atomic E-state index is 0.224. The van der Waals surface area contributed by atoms with E-state index in [1.54, 1.807) is 0 Å². The molecule has 2 bridgehead atoms. The minimum Gasteiger partial charge on any atom is -0.507 e. The van der Waals surface area contributed by atoms with Crippen LogP contribution in [0.15, 0.2) is 46.9 Å². The van der Waals surface area contributed by atoms with E-state index in [4.69, 9.17) is 0 Å². The van der Waals surface area contributed by atoms with Gasteiger partial charge < -0.3 is 5.11 Å². The van der Waals surface area contributed by atoms with E-state index in [1.165, 1.54) is 32.1 Å². The molecule has 2 aliphatic rings. The average molecular weight is 343 g/mol. The second-order valence-corrected chi connectivity index (χ2v) is 7.56. The Balaban J connectivity index is 1.88. The Labute approximate surface area is 134 Å². The molecule has 0 heterocycles. The van der Waals surface area contributed by atoms with Crippen molar-refractivity contribution in [3.63, 3.8) is 0 Å². The molecule has 2 heteroatoms. The van der Waals surface area contributed by atoms with Gasteiger partial charge in [0.05, 0.1) is 0 Å². The van der Waals surface area contributed by atoms with Crippen LogP contribution in [0, 0.1) is 5.92 Å². The highest BCUT2D eigenvalue weighted by molar-refractivity contribution is 9.10. The number of benzene rings is 2. The van der Waals surface area contributed by atoms with Crippen molar-refractivity contribution >= 4 is 15.9 Å². The zero-order chi connectivity index (χ0) is 14.4. The highest BCUT2D eigenvalue weighted by atomic mass is 79.9. The summed E-state index contributed by atoms with van der Waals surface area (Å²) in [6, 6.07) is 14.4. The zero-order valence-electron chi connectivity index (χ0n) is 12.0. The minimum atomic E-state index is 0.224. The highest BCUT2D eigenvalue weighted by Crippen LogP contribution is 2.58. The van der Waals surface area contributed by atoms with E-state index in [0.29, 0.717) is 5.75 Å². The molecule has 1 nitrogen and oxygen atoms in total. The molecule has 1 N–H and O–H groups in total. The van der Waals surface area contributed by atoms with Crippen LogP contribution in [0.1, 0.15) is 37.7 Å². The molecule has 0 radical (unpaired) electrons. The molecule has 2 aromatic rings. The van der Waals surface area contributed by atoms with Crippen LogP contribution in [-0.4, -0.2) is 5.11 Å². The van der Waals surface area contributed by atoms with Gasteiger partial charge in [-0.3, -0.25) is 0 Å². The quantitative estimate of drug-likeness (QED) is 0.747. The third kappa shape index (κ3) is 2.12.